The molecule has 0 bridgehead atoms. The Morgan fingerprint density at radius 3 is 2.05 bits per heavy atom. The molecule has 4 rings (SSSR count). The summed E-state index contributed by atoms with van der Waals surface area (Å²) in [5, 5.41) is 2.73. The summed E-state index contributed by atoms with van der Waals surface area (Å²) in [6.07, 6.45) is 1.23. The van der Waals surface area contributed by atoms with Crippen LogP contribution in [0.5, 0.6) is 0 Å². The van der Waals surface area contributed by atoms with Crippen LogP contribution in [-0.2, 0) is 0 Å². The fourth-order valence-corrected chi connectivity index (χ4v) is 3.61. The average molecular weight is 258 g/mol. The predicted octanol–water partition coefficient (Wildman–Crippen LogP) is 5.48. The van der Waals surface area contributed by atoms with Crippen LogP contribution in [0.15, 0.2) is 66.7 Å². The van der Waals surface area contributed by atoms with Gasteiger partial charge in [-0.15, -0.1) is 0 Å². The minimum absolute atomic E-state index is 0.561. The third-order valence-electron chi connectivity index (χ3n) is 4.65. The molecule has 0 fully saturated rings. The summed E-state index contributed by atoms with van der Waals surface area (Å²) in [6.45, 7) is 2.36. The lowest BCUT2D eigenvalue weighted by atomic mass is 9.91. The lowest BCUT2D eigenvalue weighted by Gasteiger charge is -2.12. The molecule has 1 aliphatic carbocycles. The molecule has 0 amide bonds. The number of hydrogen-bond acceptors (Lipinski definition) is 0. The minimum atomic E-state index is 0.561. The average Bonchev–Trinajstić information content (AvgIpc) is 2.83. The van der Waals surface area contributed by atoms with Crippen molar-refractivity contribution in [3.63, 3.8) is 0 Å². The zero-order valence-electron chi connectivity index (χ0n) is 11.7. The highest BCUT2D eigenvalue weighted by molar-refractivity contribution is 5.85. The van der Waals surface area contributed by atoms with Gasteiger partial charge >= 0.3 is 0 Å². The second kappa shape index (κ2) is 4.49. The van der Waals surface area contributed by atoms with Crippen molar-refractivity contribution >= 4 is 10.8 Å². The van der Waals surface area contributed by atoms with Gasteiger partial charge in [-0.05, 0) is 39.8 Å². The number of benzene rings is 3. The van der Waals surface area contributed by atoms with Crippen molar-refractivity contribution < 1.29 is 0 Å². The maximum absolute atomic E-state index is 2.41. The first-order chi connectivity index (χ1) is 9.83. The highest BCUT2D eigenvalue weighted by Gasteiger charge is 2.29. The molecule has 0 N–H and O–H groups in total. The van der Waals surface area contributed by atoms with E-state index in [1.165, 1.54) is 33.9 Å². The van der Waals surface area contributed by atoms with Gasteiger partial charge < -0.3 is 0 Å². The van der Waals surface area contributed by atoms with Gasteiger partial charge in [0.05, 0.1) is 0 Å². The van der Waals surface area contributed by atoms with Gasteiger partial charge in [-0.1, -0.05) is 73.7 Å². The Balaban J connectivity index is 1.92. The number of hydrogen-bond donors (Lipinski definition) is 0. The van der Waals surface area contributed by atoms with E-state index in [4.69, 9.17) is 0 Å². The fourth-order valence-electron chi connectivity index (χ4n) is 3.61. The number of rotatable bonds is 1. The molecule has 0 saturated carbocycles. The van der Waals surface area contributed by atoms with Crippen LogP contribution >= 0.6 is 0 Å². The molecular weight excluding hydrogens is 240 g/mol. The molecule has 98 valence electrons. The van der Waals surface area contributed by atoms with Crippen LogP contribution in [0.4, 0.5) is 0 Å². The van der Waals surface area contributed by atoms with Gasteiger partial charge in [-0.25, -0.2) is 0 Å². The predicted molar refractivity (Wildman–Crippen MR) is 85.3 cm³/mol. The third kappa shape index (κ3) is 1.76. The molecule has 0 aromatic heterocycles. The molecule has 3 aromatic carbocycles. The smallest absolute Gasteiger partial charge is 0.00981 e. The van der Waals surface area contributed by atoms with Crippen LogP contribution in [-0.4, -0.2) is 0 Å². The van der Waals surface area contributed by atoms with E-state index in [0.717, 1.165) is 0 Å². The summed E-state index contributed by atoms with van der Waals surface area (Å²) < 4.78 is 0. The lowest BCUT2D eigenvalue weighted by molar-refractivity contribution is 0.686. The molecule has 0 nitrogen and oxygen atoms in total. The van der Waals surface area contributed by atoms with Crippen LogP contribution in [0.2, 0.25) is 0 Å². The highest BCUT2D eigenvalue weighted by Crippen LogP contribution is 2.46. The SMILES string of the molecule is CC1CC(c2ccccc2)c2cc3ccccc3cc21. The Labute approximate surface area is 120 Å². The van der Waals surface area contributed by atoms with Crippen LogP contribution < -0.4 is 0 Å². The van der Waals surface area contributed by atoms with Crippen molar-refractivity contribution in [1.82, 2.24) is 0 Å². The Bertz CT molecular complexity index is 755. The topological polar surface area (TPSA) is 0 Å². The van der Waals surface area contributed by atoms with Gasteiger partial charge in [0, 0.05) is 5.92 Å². The lowest BCUT2D eigenvalue weighted by Crippen LogP contribution is -1.95. The van der Waals surface area contributed by atoms with E-state index < -0.39 is 0 Å². The minimum Gasteiger partial charge on any atom is -0.0622 e. The maximum atomic E-state index is 2.41. The van der Waals surface area contributed by atoms with Crippen LogP contribution in [0.3, 0.4) is 0 Å². The van der Waals surface area contributed by atoms with Crippen molar-refractivity contribution in [2.45, 2.75) is 25.2 Å². The van der Waals surface area contributed by atoms with Crippen molar-refractivity contribution in [1.29, 1.82) is 0 Å². The van der Waals surface area contributed by atoms with Gasteiger partial charge in [0.2, 0.25) is 0 Å². The standard InChI is InChI=1S/C20H18/c1-14-11-19(15-7-3-2-4-8-15)20-13-17-10-6-5-9-16(17)12-18(14)20/h2-10,12-14,19H,11H2,1H3. The van der Waals surface area contributed by atoms with Crippen molar-refractivity contribution in [3.05, 3.63) is 83.4 Å². The first-order valence-corrected chi connectivity index (χ1v) is 7.40. The first-order valence-electron chi connectivity index (χ1n) is 7.40. The van der Waals surface area contributed by atoms with E-state index in [-0.39, 0.29) is 0 Å². The van der Waals surface area contributed by atoms with Crippen LogP contribution in [0, 0.1) is 0 Å². The second-order valence-corrected chi connectivity index (χ2v) is 5.93. The molecule has 0 spiro atoms. The van der Waals surface area contributed by atoms with Gasteiger partial charge in [0.1, 0.15) is 0 Å². The Hall–Kier alpha value is -2.08. The highest BCUT2D eigenvalue weighted by atomic mass is 14.3. The first kappa shape index (κ1) is 11.7. The molecule has 0 aliphatic heterocycles. The van der Waals surface area contributed by atoms with Crippen LogP contribution in [0.1, 0.15) is 41.9 Å². The molecule has 3 aromatic rings. The summed E-state index contributed by atoms with van der Waals surface area (Å²) in [7, 11) is 0. The summed E-state index contributed by atoms with van der Waals surface area (Å²) in [4.78, 5) is 0. The Kier molecular flexibility index (Phi) is 2.63. The molecular formula is C20H18. The second-order valence-electron chi connectivity index (χ2n) is 5.93. The van der Waals surface area contributed by atoms with E-state index in [1.54, 1.807) is 0 Å². The molecule has 20 heavy (non-hydrogen) atoms. The zero-order valence-corrected chi connectivity index (χ0v) is 11.7. The Morgan fingerprint density at radius 1 is 0.750 bits per heavy atom. The van der Waals surface area contributed by atoms with E-state index in [0.29, 0.717) is 11.8 Å². The van der Waals surface area contributed by atoms with Crippen molar-refractivity contribution in [2.75, 3.05) is 0 Å². The molecule has 0 heteroatoms. The van der Waals surface area contributed by atoms with Crippen molar-refractivity contribution in [3.8, 4) is 0 Å². The molecule has 2 unspecified atom stereocenters. The summed E-state index contributed by atoms with van der Waals surface area (Å²) >= 11 is 0. The molecule has 1 aliphatic rings. The zero-order chi connectivity index (χ0) is 13.5. The molecule has 0 saturated heterocycles. The quantitative estimate of drug-likeness (QED) is 0.542. The monoisotopic (exact) mass is 258 g/mol. The van der Waals surface area contributed by atoms with E-state index in [1.807, 2.05) is 0 Å². The molecule has 0 radical (unpaired) electrons. The third-order valence-corrected chi connectivity index (χ3v) is 4.65. The summed E-state index contributed by atoms with van der Waals surface area (Å²) in [5.74, 6) is 1.21. The van der Waals surface area contributed by atoms with E-state index in [2.05, 4.69) is 73.7 Å². The van der Waals surface area contributed by atoms with E-state index in [9.17, 15) is 0 Å². The Morgan fingerprint density at radius 2 is 1.35 bits per heavy atom. The van der Waals surface area contributed by atoms with Crippen LogP contribution in [0.25, 0.3) is 10.8 Å². The van der Waals surface area contributed by atoms with Gasteiger partial charge in [0.25, 0.3) is 0 Å². The fraction of sp³-hybridized carbons (Fsp3) is 0.200. The van der Waals surface area contributed by atoms with Gasteiger partial charge in [-0.2, -0.15) is 0 Å². The molecule has 0 heterocycles. The normalized spacial score (nSPS) is 21.1. The van der Waals surface area contributed by atoms with Crippen molar-refractivity contribution in [2.24, 2.45) is 0 Å². The largest absolute Gasteiger partial charge is 0.0622 e. The van der Waals surface area contributed by atoms with Gasteiger partial charge in [0.15, 0.2) is 0 Å². The molecule has 2 atom stereocenters. The van der Waals surface area contributed by atoms with E-state index >= 15 is 0 Å². The number of fused-ring (bicyclic) bond motifs is 2. The van der Waals surface area contributed by atoms with Gasteiger partial charge in [-0.3, -0.25) is 0 Å². The summed E-state index contributed by atoms with van der Waals surface area (Å²) in [6, 6.07) is 24.4. The summed E-state index contributed by atoms with van der Waals surface area (Å²) in [5.41, 5.74) is 4.52. The maximum Gasteiger partial charge on any atom is 0.00981 e.